The van der Waals surface area contributed by atoms with Crippen molar-refractivity contribution in [1.82, 2.24) is 0 Å². The van der Waals surface area contributed by atoms with Gasteiger partial charge in [0.15, 0.2) is 5.75 Å². The number of ether oxygens (including phenoxy) is 1. The van der Waals surface area contributed by atoms with Crippen LogP contribution in [-0.2, 0) is 21.6 Å². The average molecular weight is 445 g/mol. The molecule has 1 heterocycles. The molecule has 0 N–H and O–H groups in total. The third-order valence-electron chi connectivity index (χ3n) is 6.37. The SMILES string of the molecule is CCCCCCCC/C=C\CCCCCCCCOCCc1ccc2c(c1)OOC2(C)C. The molecular weight excluding hydrogens is 396 g/mol. The second-order valence-electron chi connectivity index (χ2n) is 9.81. The van der Waals surface area contributed by atoms with Crippen molar-refractivity contribution < 1.29 is 14.5 Å². The first-order valence-corrected chi connectivity index (χ1v) is 13.4. The summed E-state index contributed by atoms with van der Waals surface area (Å²) in [4.78, 5) is 10.7. The van der Waals surface area contributed by atoms with E-state index in [2.05, 4.69) is 37.3 Å². The first-order chi connectivity index (χ1) is 15.6. The van der Waals surface area contributed by atoms with Crippen molar-refractivity contribution in [3.8, 4) is 5.75 Å². The minimum Gasteiger partial charge on any atom is -0.381 e. The summed E-state index contributed by atoms with van der Waals surface area (Å²) in [6.07, 6.45) is 24.5. The van der Waals surface area contributed by atoms with Crippen molar-refractivity contribution in [3.05, 3.63) is 41.5 Å². The maximum absolute atomic E-state index is 5.84. The highest BCUT2D eigenvalue weighted by Gasteiger charge is 2.34. The van der Waals surface area contributed by atoms with Crippen LogP contribution in [0.3, 0.4) is 0 Å². The minimum atomic E-state index is -0.353. The highest BCUT2D eigenvalue weighted by Crippen LogP contribution is 2.39. The smallest absolute Gasteiger partial charge is 0.171 e. The average Bonchev–Trinajstić information content (AvgIpc) is 3.09. The van der Waals surface area contributed by atoms with Crippen molar-refractivity contribution in [2.24, 2.45) is 0 Å². The lowest BCUT2D eigenvalue weighted by Gasteiger charge is -2.13. The quantitative estimate of drug-likeness (QED) is 0.121. The Kier molecular flexibility index (Phi) is 13.7. The Bertz CT molecular complexity index is 635. The van der Waals surface area contributed by atoms with Gasteiger partial charge in [0.2, 0.25) is 0 Å². The first-order valence-electron chi connectivity index (χ1n) is 13.4. The van der Waals surface area contributed by atoms with Crippen LogP contribution in [0.4, 0.5) is 0 Å². The normalized spacial score (nSPS) is 14.7. The molecule has 0 saturated heterocycles. The van der Waals surface area contributed by atoms with Gasteiger partial charge in [-0.2, -0.15) is 4.89 Å². The Balaban J connectivity index is 1.34. The third-order valence-corrected chi connectivity index (χ3v) is 6.37. The molecule has 0 atom stereocenters. The molecule has 3 heteroatoms. The van der Waals surface area contributed by atoms with Crippen LogP contribution in [0.5, 0.6) is 5.75 Å². The van der Waals surface area contributed by atoms with Crippen LogP contribution >= 0.6 is 0 Å². The molecule has 0 bridgehead atoms. The van der Waals surface area contributed by atoms with Gasteiger partial charge in [-0.25, -0.2) is 0 Å². The molecule has 0 aliphatic carbocycles. The van der Waals surface area contributed by atoms with E-state index in [1.165, 1.54) is 95.5 Å². The molecule has 0 spiro atoms. The predicted octanol–water partition coefficient (Wildman–Crippen LogP) is 8.84. The summed E-state index contributed by atoms with van der Waals surface area (Å²) in [5, 5.41) is 0. The molecule has 1 aromatic rings. The Morgan fingerprint density at radius 3 is 2.09 bits per heavy atom. The van der Waals surface area contributed by atoms with Crippen LogP contribution in [0.15, 0.2) is 30.4 Å². The predicted molar refractivity (Wildman–Crippen MR) is 135 cm³/mol. The summed E-state index contributed by atoms with van der Waals surface area (Å²) < 4.78 is 5.84. The zero-order valence-electron chi connectivity index (χ0n) is 21.1. The molecule has 1 aromatic carbocycles. The largest absolute Gasteiger partial charge is 0.381 e. The van der Waals surface area contributed by atoms with E-state index in [0.717, 1.165) is 30.9 Å². The molecule has 3 nitrogen and oxygen atoms in total. The fraction of sp³-hybridized carbons (Fsp3) is 0.724. The molecule has 0 unspecified atom stereocenters. The summed E-state index contributed by atoms with van der Waals surface area (Å²) in [5.74, 6) is 0.848. The molecule has 182 valence electrons. The van der Waals surface area contributed by atoms with E-state index in [1.54, 1.807) is 0 Å². The second kappa shape index (κ2) is 16.3. The number of allylic oxidation sites excluding steroid dienone is 2. The Morgan fingerprint density at radius 1 is 0.781 bits per heavy atom. The van der Waals surface area contributed by atoms with E-state index in [0.29, 0.717) is 0 Å². The van der Waals surface area contributed by atoms with Gasteiger partial charge < -0.3 is 9.62 Å². The second-order valence-corrected chi connectivity index (χ2v) is 9.81. The number of benzene rings is 1. The van der Waals surface area contributed by atoms with Gasteiger partial charge >= 0.3 is 0 Å². The van der Waals surface area contributed by atoms with Crippen molar-refractivity contribution in [2.45, 2.75) is 123 Å². The summed E-state index contributed by atoms with van der Waals surface area (Å²) in [6.45, 7) is 7.98. The first kappa shape index (κ1) is 26.9. The molecule has 0 aromatic heterocycles. The van der Waals surface area contributed by atoms with Crippen LogP contribution in [-0.4, -0.2) is 13.2 Å². The summed E-state index contributed by atoms with van der Waals surface area (Å²) >= 11 is 0. The van der Waals surface area contributed by atoms with Gasteiger partial charge in [-0.05, 0) is 64.0 Å². The van der Waals surface area contributed by atoms with E-state index in [9.17, 15) is 0 Å². The fourth-order valence-electron chi connectivity index (χ4n) is 4.23. The van der Waals surface area contributed by atoms with Crippen LogP contribution in [0, 0.1) is 0 Å². The lowest BCUT2D eigenvalue weighted by Crippen LogP contribution is -2.15. The maximum atomic E-state index is 5.84. The number of unbranched alkanes of at least 4 members (excludes halogenated alkanes) is 12. The molecular formula is C29H48O3. The fourth-order valence-corrected chi connectivity index (χ4v) is 4.23. The summed E-state index contributed by atoms with van der Waals surface area (Å²) in [7, 11) is 0. The Morgan fingerprint density at radius 2 is 1.41 bits per heavy atom. The molecule has 32 heavy (non-hydrogen) atoms. The molecule has 0 saturated carbocycles. The standard InChI is InChI=1S/C29H48O3/c1-4-5-6-7-8-9-10-11-12-13-14-15-16-17-18-19-23-30-24-22-26-20-21-27-28(25-26)31-32-29(27,2)3/h11-12,20-21,25H,4-10,13-19,22-24H2,1-3H3/b12-11-. The molecule has 0 amide bonds. The van der Waals surface area contributed by atoms with Crippen molar-refractivity contribution in [2.75, 3.05) is 13.2 Å². The van der Waals surface area contributed by atoms with Crippen LogP contribution in [0.2, 0.25) is 0 Å². The third kappa shape index (κ3) is 11.0. The maximum Gasteiger partial charge on any atom is 0.171 e. The van der Waals surface area contributed by atoms with Gasteiger partial charge in [0.05, 0.1) is 6.61 Å². The zero-order valence-corrected chi connectivity index (χ0v) is 21.1. The highest BCUT2D eigenvalue weighted by atomic mass is 17.2. The molecule has 0 fully saturated rings. The lowest BCUT2D eigenvalue weighted by atomic mass is 9.96. The van der Waals surface area contributed by atoms with E-state index in [4.69, 9.17) is 14.5 Å². The van der Waals surface area contributed by atoms with Gasteiger partial charge in [0.25, 0.3) is 0 Å². The van der Waals surface area contributed by atoms with Gasteiger partial charge in [-0.3, -0.25) is 0 Å². The van der Waals surface area contributed by atoms with Gasteiger partial charge in [-0.1, -0.05) is 89.0 Å². The van der Waals surface area contributed by atoms with Crippen LogP contribution in [0.1, 0.15) is 122 Å². The Hall–Kier alpha value is -1.32. The highest BCUT2D eigenvalue weighted by molar-refractivity contribution is 5.42. The van der Waals surface area contributed by atoms with Crippen LogP contribution < -0.4 is 4.89 Å². The summed E-state index contributed by atoms with van der Waals surface area (Å²) in [5.41, 5.74) is 2.01. The number of rotatable bonds is 19. The van der Waals surface area contributed by atoms with Crippen molar-refractivity contribution in [1.29, 1.82) is 0 Å². The monoisotopic (exact) mass is 444 g/mol. The molecule has 1 aliphatic heterocycles. The van der Waals surface area contributed by atoms with Gasteiger partial charge in [0.1, 0.15) is 5.60 Å². The molecule has 2 rings (SSSR count). The van der Waals surface area contributed by atoms with E-state index in [1.807, 2.05) is 13.8 Å². The Labute approximate surface area is 197 Å². The number of hydrogen-bond donors (Lipinski definition) is 0. The minimum absolute atomic E-state index is 0.353. The topological polar surface area (TPSA) is 27.7 Å². The lowest BCUT2D eigenvalue weighted by molar-refractivity contribution is -0.260. The van der Waals surface area contributed by atoms with E-state index in [-0.39, 0.29) is 5.60 Å². The number of fused-ring (bicyclic) bond motifs is 1. The van der Waals surface area contributed by atoms with E-state index < -0.39 is 0 Å². The van der Waals surface area contributed by atoms with Crippen molar-refractivity contribution in [3.63, 3.8) is 0 Å². The van der Waals surface area contributed by atoms with Gasteiger partial charge in [-0.15, -0.1) is 0 Å². The van der Waals surface area contributed by atoms with E-state index >= 15 is 0 Å². The van der Waals surface area contributed by atoms with Crippen LogP contribution in [0.25, 0.3) is 0 Å². The zero-order chi connectivity index (χ0) is 22.9. The number of hydrogen-bond acceptors (Lipinski definition) is 3. The summed E-state index contributed by atoms with van der Waals surface area (Å²) in [6, 6.07) is 6.35. The molecule has 1 aliphatic rings. The van der Waals surface area contributed by atoms with Gasteiger partial charge in [0, 0.05) is 12.2 Å². The van der Waals surface area contributed by atoms with Crippen molar-refractivity contribution >= 4 is 0 Å². The molecule has 0 radical (unpaired) electrons.